The molecule has 3 rings (SSSR count). The zero-order valence-electron chi connectivity index (χ0n) is 21.0. The van der Waals surface area contributed by atoms with Gasteiger partial charge in [0.15, 0.2) is 11.6 Å². The van der Waals surface area contributed by atoms with Gasteiger partial charge in [0.1, 0.15) is 11.4 Å². The van der Waals surface area contributed by atoms with Crippen molar-refractivity contribution in [3.63, 3.8) is 0 Å². The van der Waals surface area contributed by atoms with Gasteiger partial charge in [-0.2, -0.15) is 0 Å². The number of nitrogens with zero attached hydrogens (tertiary/aromatic N) is 3. The van der Waals surface area contributed by atoms with Crippen molar-refractivity contribution in [2.75, 3.05) is 18.5 Å². The normalized spacial score (nSPS) is 11.1. The van der Waals surface area contributed by atoms with Crippen LogP contribution in [0.2, 0.25) is 0 Å². The molecule has 0 bridgehead atoms. The molecule has 4 radical (unpaired) electrons. The van der Waals surface area contributed by atoms with Crippen LogP contribution in [0.15, 0.2) is 64.8 Å². The third-order valence-electron chi connectivity index (χ3n) is 5.17. The van der Waals surface area contributed by atoms with E-state index in [2.05, 4.69) is 31.2 Å². The van der Waals surface area contributed by atoms with Gasteiger partial charge in [-0.1, -0.05) is 6.07 Å². The van der Waals surface area contributed by atoms with Gasteiger partial charge >= 0.3 is 12.0 Å². The fourth-order valence-corrected chi connectivity index (χ4v) is 3.47. The van der Waals surface area contributed by atoms with Crippen molar-refractivity contribution in [2.24, 2.45) is 4.99 Å². The summed E-state index contributed by atoms with van der Waals surface area (Å²) in [4.78, 5) is 66.8. The first-order chi connectivity index (χ1) is 19.1. The number of carbonyl (C=O) groups is 4. The van der Waals surface area contributed by atoms with Gasteiger partial charge in [0.25, 0.3) is 5.56 Å². The van der Waals surface area contributed by atoms with Crippen LogP contribution in [0.5, 0.6) is 5.75 Å². The van der Waals surface area contributed by atoms with Crippen molar-refractivity contribution in [1.82, 2.24) is 25.3 Å². The number of hydrogen-bond acceptors (Lipinski definition) is 8. The first kappa shape index (κ1) is 29.4. The molecule has 1 atom stereocenters. The largest absolute Gasteiger partial charge is 0.492 e. The molecule has 40 heavy (non-hydrogen) atoms. The Balaban J connectivity index is 1.64. The molecule has 4 amide bonds. The van der Waals surface area contributed by atoms with Crippen LogP contribution < -0.4 is 31.6 Å². The lowest BCUT2D eigenvalue weighted by Gasteiger charge is -2.17. The summed E-state index contributed by atoms with van der Waals surface area (Å²) in [6.45, 7) is 0.318. The molecule has 0 fully saturated rings. The second-order valence-corrected chi connectivity index (χ2v) is 8.16. The number of nitrogens with one attached hydrogen (secondary N) is 4. The molecule has 0 saturated heterocycles. The highest BCUT2D eigenvalue weighted by Crippen LogP contribution is 2.17. The molecule has 3 heterocycles. The maximum atomic E-state index is 13.0. The molecule has 16 heteroatoms. The summed E-state index contributed by atoms with van der Waals surface area (Å²) in [5.41, 5.74) is 0.440. The number of aliphatic carboxylic acids is 1. The fraction of sp³-hybridized carbons (Fsp3) is 0.208. The maximum absolute atomic E-state index is 13.0. The second-order valence-electron chi connectivity index (χ2n) is 8.16. The number of fused-ring (bicyclic) bond motifs is 1. The number of carboxylic acid groups (broad SMARTS) is 1. The topological polar surface area (TPSA) is 193 Å². The van der Waals surface area contributed by atoms with Crippen molar-refractivity contribution in [3.8, 4) is 5.75 Å². The highest BCUT2D eigenvalue weighted by atomic mass is 16.5. The molecule has 3 aromatic heterocycles. The Hall–Kier alpha value is -5.14. The van der Waals surface area contributed by atoms with E-state index in [-0.39, 0.29) is 31.2 Å². The minimum absolute atomic E-state index is 0.0434. The monoisotopic (exact) mass is 543 g/mol. The quantitative estimate of drug-likeness (QED) is 0.108. The average Bonchev–Trinajstić information content (AvgIpc) is 2.89. The Labute approximate surface area is 230 Å². The number of urea groups is 1. The number of pyridine rings is 3. The molecule has 5 N–H and O–H groups in total. The molecule has 0 aliphatic heterocycles. The van der Waals surface area contributed by atoms with Crippen LogP contribution in [0.4, 0.5) is 20.1 Å². The van der Waals surface area contributed by atoms with Gasteiger partial charge in [-0.25, -0.2) is 4.79 Å². The van der Waals surface area contributed by atoms with Crippen LogP contribution in [0.1, 0.15) is 24.4 Å². The van der Waals surface area contributed by atoms with Crippen LogP contribution in [-0.4, -0.2) is 72.9 Å². The summed E-state index contributed by atoms with van der Waals surface area (Å²) in [5, 5.41) is 18.5. The van der Waals surface area contributed by atoms with Gasteiger partial charge in [0, 0.05) is 30.9 Å². The standard InChI is InChI=1S/C24H23B2N7O7/c25-21(37)31-23(32-22(26)38)28-9-2-10-40-16-6-4-15-5-7-17(20(36)33(15)13-16)29-24(39)30-18(11-19(34)35)14-3-1-8-27-12-14/h1,3-8,12-13,18H,2,9-11H2,(H,34,35)(H2,29,30,39)(H2,28,31,32,37,38). The summed E-state index contributed by atoms with van der Waals surface area (Å²) >= 11 is 0. The lowest BCUT2D eigenvalue weighted by Crippen LogP contribution is -2.43. The summed E-state index contributed by atoms with van der Waals surface area (Å²) in [5.74, 6) is -2.82. The van der Waals surface area contributed by atoms with E-state index < -0.39 is 35.2 Å². The molecule has 14 nitrogen and oxygen atoms in total. The first-order valence-corrected chi connectivity index (χ1v) is 11.8. The van der Waals surface area contributed by atoms with E-state index >= 15 is 0 Å². The lowest BCUT2D eigenvalue weighted by atomic mass is 10.1. The minimum atomic E-state index is -1.12. The zero-order chi connectivity index (χ0) is 29.1. The third kappa shape index (κ3) is 9.01. The van der Waals surface area contributed by atoms with Crippen LogP contribution >= 0.6 is 0 Å². The van der Waals surface area contributed by atoms with Crippen molar-refractivity contribution in [3.05, 3.63) is 70.9 Å². The predicted octanol–water partition coefficient (Wildman–Crippen LogP) is 0.913. The van der Waals surface area contributed by atoms with E-state index in [0.717, 1.165) is 0 Å². The highest BCUT2D eigenvalue weighted by molar-refractivity contribution is 6.60. The molecule has 202 valence electrons. The van der Waals surface area contributed by atoms with E-state index in [1.165, 1.54) is 29.1 Å². The van der Waals surface area contributed by atoms with Gasteiger partial charge in [-0.15, -0.1) is 0 Å². The SMILES string of the molecule is [B]C(=O)NC(=NCCCOc1ccc2ccc(NC(=O)NC(CC(=O)O)c3cccnc3)c(=O)n2c1)NC([B])=O. The summed E-state index contributed by atoms with van der Waals surface area (Å²) in [6.07, 6.45) is 4.40. The van der Waals surface area contributed by atoms with E-state index in [9.17, 15) is 29.1 Å². The van der Waals surface area contributed by atoms with Gasteiger partial charge in [-0.05, 0) is 35.9 Å². The number of rotatable bonds is 10. The Bertz CT molecular complexity index is 1460. The molecular weight excluding hydrogens is 520 g/mol. The number of hydrogen-bond donors (Lipinski definition) is 5. The summed E-state index contributed by atoms with van der Waals surface area (Å²) in [6, 6.07) is 7.96. The number of aliphatic imine (C=N–C) groups is 1. The predicted molar refractivity (Wildman–Crippen MR) is 146 cm³/mol. The van der Waals surface area contributed by atoms with Gasteiger partial charge in [0.2, 0.25) is 21.7 Å². The smallest absolute Gasteiger partial charge is 0.319 e. The number of ether oxygens (including phenoxy) is 1. The summed E-state index contributed by atoms with van der Waals surface area (Å²) < 4.78 is 6.94. The molecular formula is C24H23B2N7O7. The molecule has 0 spiro atoms. The highest BCUT2D eigenvalue weighted by Gasteiger charge is 2.19. The molecule has 0 saturated carbocycles. The van der Waals surface area contributed by atoms with Crippen LogP contribution in [0.3, 0.4) is 0 Å². The minimum Gasteiger partial charge on any atom is -0.492 e. The molecule has 3 aromatic rings. The Kier molecular flexibility index (Phi) is 10.4. The number of carboxylic acids is 1. The number of amides is 4. The van der Waals surface area contributed by atoms with Gasteiger partial charge in [0.05, 0.1) is 25.3 Å². The number of anilines is 1. The number of carbonyl (C=O) groups excluding carboxylic acids is 3. The van der Waals surface area contributed by atoms with Crippen molar-refractivity contribution in [1.29, 1.82) is 0 Å². The van der Waals surface area contributed by atoms with E-state index in [1.54, 1.807) is 30.3 Å². The molecule has 1 unspecified atom stereocenters. The Morgan fingerprint density at radius 1 is 1.07 bits per heavy atom. The van der Waals surface area contributed by atoms with E-state index in [0.29, 0.717) is 23.3 Å². The van der Waals surface area contributed by atoms with Crippen molar-refractivity contribution in [2.45, 2.75) is 18.9 Å². The van der Waals surface area contributed by atoms with E-state index in [1.807, 2.05) is 0 Å². The van der Waals surface area contributed by atoms with Crippen molar-refractivity contribution >= 4 is 56.5 Å². The van der Waals surface area contributed by atoms with Crippen LogP contribution in [0, 0.1) is 0 Å². The Morgan fingerprint density at radius 3 is 2.45 bits per heavy atom. The average molecular weight is 543 g/mol. The summed E-state index contributed by atoms with van der Waals surface area (Å²) in [7, 11) is 10.0. The molecule has 0 aliphatic carbocycles. The second kappa shape index (κ2) is 14.1. The third-order valence-corrected chi connectivity index (χ3v) is 5.17. The Morgan fingerprint density at radius 2 is 1.80 bits per heavy atom. The number of aromatic nitrogens is 2. The van der Waals surface area contributed by atoms with E-state index in [4.69, 9.17) is 20.4 Å². The van der Waals surface area contributed by atoms with Gasteiger partial charge < -0.3 is 31.1 Å². The zero-order valence-corrected chi connectivity index (χ0v) is 21.0. The number of guanidine groups is 1. The molecule has 0 aromatic carbocycles. The maximum Gasteiger partial charge on any atom is 0.319 e. The van der Waals surface area contributed by atoms with Gasteiger partial charge in [-0.3, -0.25) is 33.6 Å². The molecule has 0 aliphatic rings. The lowest BCUT2D eigenvalue weighted by molar-refractivity contribution is -0.137. The van der Waals surface area contributed by atoms with Crippen LogP contribution in [-0.2, 0) is 4.79 Å². The first-order valence-electron chi connectivity index (χ1n) is 11.8. The fourth-order valence-electron chi connectivity index (χ4n) is 3.47. The van der Waals surface area contributed by atoms with Crippen molar-refractivity contribution < 1.29 is 29.0 Å². The van der Waals surface area contributed by atoms with Crippen LogP contribution in [0.25, 0.3) is 5.52 Å².